The van der Waals surface area contributed by atoms with Crippen molar-refractivity contribution in [3.63, 3.8) is 0 Å². The molecule has 0 aliphatic rings. The van der Waals surface area contributed by atoms with Gasteiger partial charge in [-0.05, 0) is 66.6 Å². The second-order valence-corrected chi connectivity index (χ2v) is 16.0. The van der Waals surface area contributed by atoms with Gasteiger partial charge in [-0.25, -0.2) is 15.0 Å². The van der Waals surface area contributed by atoms with Crippen LogP contribution in [0.25, 0.3) is 123 Å². The predicted molar refractivity (Wildman–Crippen MR) is 261 cm³/mol. The number of para-hydroxylation sites is 3. The van der Waals surface area contributed by atoms with Crippen LogP contribution in [0.3, 0.4) is 0 Å². The molecule has 0 saturated heterocycles. The third kappa shape index (κ3) is 6.07. The zero-order chi connectivity index (χ0) is 42.7. The van der Waals surface area contributed by atoms with Crippen molar-refractivity contribution < 1.29 is 8.83 Å². The Morgan fingerprint density at radius 2 is 0.938 bits per heavy atom. The average Bonchev–Trinajstić information content (AvgIpc) is 4.02. The molecule has 302 valence electrons. The van der Waals surface area contributed by atoms with Crippen LogP contribution in [0.15, 0.2) is 210 Å². The van der Waals surface area contributed by atoms with E-state index in [1.54, 1.807) is 0 Å². The Kier molecular flexibility index (Phi) is 8.76. The van der Waals surface area contributed by atoms with Gasteiger partial charge in [0.25, 0.3) is 0 Å². The lowest BCUT2D eigenvalue weighted by molar-refractivity contribution is 0.629. The van der Waals surface area contributed by atoms with Crippen molar-refractivity contribution in [1.29, 1.82) is 0 Å². The second-order valence-electron chi connectivity index (χ2n) is 16.0. The summed E-state index contributed by atoms with van der Waals surface area (Å²) in [6.45, 7) is 6.60. The molecule has 0 fully saturated rings. The second kappa shape index (κ2) is 15.1. The topological polar surface area (TPSA) is 69.9 Å². The van der Waals surface area contributed by atoms with Gasteiger partial charge in [0.2, 0.25) is 0 Å². The van der Waals surface area contributed by atoms with Crippen molar-refractivity contribution in [1.82, 2.24) is 19.5 Å². The molecule has 0 aliphatic heterocycles. The first-order valence-electron chi connectivity index (χ1n) is 21.4. The molecule has 4 aromatic heterocycles. The van der Waals surface area contributed by atoms with E-state index in [4.69, 9.17) is 23.8 Å². The molecule has 8 aromatic carbocycles. The number of benzene rings is 8. The summed E-state index contributed by atoms with van der Waals surface area (Å²) < 4.78 is 15.4. The van der Waals surface area contributed by atoms with Crippen molar-refractivity contribution in [2.45, 2.75) is 6.92 Å². The van der Waals surface area contributed by atoms with Gasteiger partial charge in [0, 0.05) is 54.9 Å². The molecule has 0 N–H and O–H groups in total. The minimum atomic E-state index is 0.550. The number of aromatic nitrogens is 4. The van der Waals surface area contributed by atoms with Crippen LogP contribution in [0.2, 0.25) is 0 Å². The molecule has 4 heterocycles. The summed E-state index contributed by atoms with van der Waals surface area (Å²) in [7, 11) is 0. The fourth-order valence-electron chi connectivity index (χ4n) is 9.24. The molecule has 6 nitrogen and oxygen atoms in total. The lowest BCUT2D eigenvalue weighted by Crippen LogP contribution is -2.05. The van der Waals surface area contributed by atoms with Crippen molar-refractivity contribution in [3.05, 3.63) is 212 Å². The first-order valence-corrected chi connectivity index (χ1v) is 21.4. The van der Waals surface area contributed by atoms with Crippen molar-refractivity contribution in [3.8, 4) is 73.4 Å². The Morgan fingerprint density at radius 1 is 0.438 bits per heavy atom. The van der Waals surface area contributed by atoms with E-state index in [0.29, 0.717) is 17.5 Å². The third-order valence-corrected chi connectivity index (χ3v) is 12.2. The van der Waals surface area contributed by atoms with Crippen molar-refractivity contribution in [2.24, 2.45) is 0 Å². The predicted octanol–water partition coefficient (Wildman–Crippen LogP) is 15.4. The highest BCUT2D eigenvalue weighted by Gasteiger charge is 2.27. The van der Waals surface area contributed by atoms with Gasteiger partial charge >= 0.3 is 0 Å². The van der Waals surface area contributed by atoms with Crippen LogP contribution in [0, 0.1) is 6.92 Å². The van der Waals surface area contributed by atoms with E-state index < -0.39 is 0 Å². The number of hydrogen-bond acceptors (Lipinski definition) is 5. The maximum atomic E-state index is 6.74. The lowest BCUT2D eigenvalue weighted by Gasteiger charge is -2.21. The van der Waals surface area contributed by atoms with Crippen LogP contribution in [0.1, 0.15) is 11.3 Å². The van der Waals surface area contributed by atoms with Gasteiger partial charge in [-0.15, -0.1) is 0 Å². The normalized spacial score (nSPS) is 11.6. The van der Waals surface area contributed by atoms with E-state index >= 15 is 0 Å². The summed E-state index contributed by atoms with van der Waals surface area (Å²) >= 11 is 0. The minimum absolute atomic E-state index is 0.550. The molecule has 0 radical (unpaired) electrons. The smallest absolute Gasteiger partial charge is 0.164 e. The summed E-state index contributed by atoms with van der Waals surface area (Å²) in [5.41, 5.74) is 14.2. The van der Waals surface area contributed by atoms with Gasteiger partial charge in [0.15, 0.2) is 17.5 Å². The minimum Gasteiger partial charge on any atom is -0.456 e. The van der Waals surface area contributed by atoms with Crippen molar-refractivity contribution in [2.75, 3.05) is 0 Å². The maximum Gasteiger partial charge on any atom is 0.164 e. The van der Waals surface area contributed by atoms with E-state index in [0.717, 1.165) is 111 Å². The summed E-state index contributed by atoms with van der Waals surface area (Å²) in [5.74, 6) is 2.51. The highest BCUT2D eigenvalue weighted by molar-refractivity contribution is 6.07. The fourth-order valence-corrected chi connectivity index (χ4v) is 9.24. The van der Waals surface area contributed by atoms with Gasteiger partial charge in [0.1, 0.15) is 22.5 Å². The van der Waals surface area contributed by atoms with Gasteiger partial charge in [-0.2, -0.15) is 0 Å². The molecule has 12 rings (SSSR count). The summed E-state index contributed by atoms with van der Waals surface area (Å²) in [6.07, 6.45) is 1.96. The molecular weight excluding hydrogens is 785 g/mol. The maximum absolute atomic E-state index is 6.74. The van der Waals surface area contributed by atoms with Crippen molar-refractivity contribution >= 4 is 49.9 Å². The highest BCUT2D eigenvalue weighted by atomic mass is 16.3. The molecule has 0 aliphatic carbocycles. The standard InChI is InChI=1S/C58H38N4O2/c1-3-48-53(55-36(2)42-25-14-17-29-50(42)64-55)45-27-13-16-28-49(45)62(48)54-46(37-19-7-4-8-20-37)33-41(34-47(54)38-21-9-5-10-22-38)58-60-56(39-23-11-6-12-24-39)59-57(61-58)40-31-32-44-43-26-15-18-30-51(43)63-52(44)35-40/h3-35H,1H2,2H3. The summed E-state index contributed by atoms with van der Waals surface area (Å²) in [6, 6.07) is 66.7. The number of hydrogen-bond donors (Lipinski definition) is 0. The van der Waals surface area contributed by atoms with Gasteiger partial charge in [0.05, 0.1) is 22.5 Å². The average molecular weight is 823 g/mol. The number of aryl methyl sites for hydroxylation is 1. The third-order valence-electron chi connectivity index (χ3n) is 12.2. The van der Waals surface area contributed by atoms with Gasteiger partial charge in [-0.1, -0.05) is 158 Å². The van der Waals surface area contributed by atoms with Crippen LogP contribution < -0.4 is 0 Å². The molecule has 12 aromatic rings. The molecule has 0 bridgehead atoms. The molecule has 0 spiro atoms. The number of nitrogens with zero attached hydrogens (tertiary/aromatic N) is 4. The Labute approximate surface area is 369 Å². The van der Waals surface area contributed by atoms with Crippen LogP contribution in [-0.2, 0) is 0 Å². The van der Waals surface area contributed by atoms with E-state index in [2.05, 4.69) is 145 Å². The Morgan fingerprint density at radius 3 is 1.56 bits per heavy atom. The molecule has 0 atom stereocenters. The van der Waals surface area contributed by atoms with Crippen LogP contribution in [0.4, 0.5) is 0 Å². The largest absolute Gasteiger partial charge is 0.456 e. The Bertz CT molecular complexity index is 3690. The monoisotopic (exact) mass is 822 g/mol. The highest BCUT2D eigenvalue weighted by Crippen LogP contribution is 2.47. The van der Waals surface area contributed by atoms with E-state index in [-0.39, 0.29) is 0 Å². The molecule has 0 amide bonds. The molecule has 0 unspecified atom stereocenters. The number of fused-ring (bicyclic) bond motifs is 5. The van der Waals surface area contributed by atoms with Crippen LogP contribution in [0.5, 0.6) is 0 Å². The van der Waals surface area contributed by atoms with Crippen LogP contribution in [-0.4, -0.2) is 19.5 Å². The van der Waals surface area contributed by atoms with E-state index in [1.165, 1.54) is 0 Å². The first-order chi connectivity index (χ1) is 31.6. The summed E-state index contributed by atoms with van der Waals surface area (Å²) in [4.78, 5) is 15.6. The number of furan rings is 2. The number of rotatable bonds is 8. The molecule has 64 heavy (non-hydrogen) atoms. The quantitative estimate of drug-likeness (QED) is 0.153. The molecule has 6 heteroatoms. The van der Waals surface area contributed by atoms with Gasteiger partial charge in [-0.3, -0.25) is 0 Å². The zero-order valence-electron chi connectivity index (χ0n) is 34.9. The molecular formula is C58H38N4O2. The Hall–Kier alpha value is -8.61. The van der Waals surface area contributed by atoms with Crippen LogP contribution >= 0.6 is 0 Å². The lowest BCUT2D eigenvalue weighted by atomic mass is 9.92. The SMILES string of the molecule is C=Cc1c(-c2oc3ccccc3c2C)c2ccccc2n1-c1c(-c2ccccc2)cc(-c2nc(-c3ccccc3)nc(-c3ccc4c(c3)oc3ccccc34)n2)cc1-c1ccccc1. The fraction of sp³-hybridized carbons (Fsp3) is 0.0172. The van der Waals surface area contributed by atoms with E-state index in [1.807, 2.05) is 72.8 Å². The summed E-state index contributed by atoms with van der Waals surface area (Å²) in [5, 5.41) is 4.27. The molecule has 0 saturated carbocycles. The van der Waals surface area contributed by atoms with E-state index in [9.17, 15) is 0 Å². The first kappa shape index (κ1) is 37.2. The van der Waals surface area contributed by atoms with Gasteiger partial charge < -0.3 is 13.4 Å². The zero-order valence-corrected chi connectivity index (χ0v) is 34.9. The Balaban J connectivity index is 1.16.